The summed E-state index contributed by atoms with van der Waals surface area (Å²) >= 11 is 0. The molecule has 0 aliphatic rings. The van der Waals surface area contributed by atoms with Crippen LogP contribution in [0.1, 0.15) is 27.8 Å². The second kappa shape index (κ2) is 7.97. The van der Waals surface area contributed by atoms with E-state index in [1.54, 1.807) is 7.05 Å². The van der Waals surface area contributed by atoms with Crippen LogP contribution < -0.4 is 5.32 Å². The number of hydrogen-bond donors (Lipinski definition) is 1. The molecule has 0 radical (unpaired) electrons. The lowest BCUT2D eigenvalue weighted by molar-refractivity contribution is -0.132. The quantitative estimate of drug-likeness (QED) is 0.906. The number of carbonyl (C=O) groups excluding carboxylic acids is 2. The molecule has 0 aliphatic heterocycles. The van der Waals surface area contributed by atoms with Crippen molar-refractivity contribution in [1.29, 1.82) is 0 Å². The van der Waals surface area contributed by atoms with E-state index in [1.807, 2.05) is 64.1 Å². The molecule has 0 unspecified atom stereocenters. The fourth-order valence-corrected chi connectivity index (χ4v) is 2.88. The van der Waals surface area contributed by atoms with Gasteiger partial charge in [0.05, 0.1) is 13.0 Å². The van der Waals surface area contributed by atoms with Crippen molar-refractivity contribution in [3.63, 3.8) is 0 Å². The van der Waals surface area contributed by atoms with Crippen molar-refractivity contribution in [2.24, 2.45) is 0 Å². The number of likely N-dealkylation sites (N-methyl/N-ethyl adjacent to an activating group) is 1. The second-order valence-corrected chi connectivity index (χ2v) is 6.73. The van der Waals surface area contributed by atoms with Crippen LogP contribution >= 0.6 is 0 Å². The normalized spacial score (nSPS) is 10.4. The van der Waals surface area contributed by atoms with E-state index in [9.17, 15) is 9.59 Å². The van der Waals surface area contributed by atoms with Crippen molar-refractivity contribution in [2.45, 2.75) is 34.1 Å². The van der Waals surface area contributed by atoms with Gasteiger partial charge < -0.3 is 10.2 Å². The number of anilines is 1. The van der Waals surface area contributed by atoms with Gasteiger partial charge in [-0.1, -0.05) is 47.5 Å². The van der Waals surface area contributed by atoms with E-state index in [-0.39, 0.29) is 18.4 Å². The summed E-state index contributed by atoms with van der Waals surface area (Å²) in [4.78, 5) is 26.1. The standard InChI is InChI=1S/C21H26N2O2/c1-14-6-8-18(9-7-14)12-20(25)23(5)13-19(24)22-21-16(3)10-15(2)11-17(21)4/h6-11H,12-13H2,1-5H3,(H,22,24). The zero-order valence-electron chi connectivity index (χ0n) is 15.6. The van der Waals surface area contributed by atoms with Crippen LogP contribution in [0.2, 0.25) is 0 Å². The van der Waals surface area contributed by atoms with Crippen LogP contribution in [-0.2, 0) is 16.0 Å². The molecule has 0 bridgehead atoms. The maximum atomic E-state index is 12.3. The molecule has 2 aromatic rings. The molecule has 0 saturated heterocycles. The molecule has 0 fully saturated rings. The number of amides is 2. The molecule has 0 spiro atoms. The van der Waals surface area contributed by atoms with Gasteiger partial charge in [0.2, 0.25) is 11.8 Å². The molecule has 0 aromatic heterocycles. The van der Waals surface area contributed by atoms with Crippen molar-refractivity contribution in [1.82, 2.24) is 4.90 Å². The van der Waals surface area contributed by atoms with E-state index in [2.05, 4.69) is 5.32 Å². The third-order valence-electron chi connectivity index (χ3n) is 4.22. The first-order valence-electron chi connectivity index (χ1n) is 8.43. The fourth-order valence-electron chi connectivity index (χ4n) is 2.88. The minimum Gasteiger partial charge on any atom is -0.336 e. The molecule has 0 heterocycles. The van der Waals surface area contributed by atoms with Gasteiger partial charge in [-0.05, 0) is 44.4 Å². The third-order valence-corrected chi connectivity index (χ3v) is 4.22. The number of rotatable bonds is 5. The summed E-state index contributed by atoms with van der Waals surface area (Å²) in [5.41, 5.74) is 6.16. The van der Waals surface area contributed by atoms with E-state index in [0.717, 1.165) is 27.9 Å². The molecule has 0 atom stereocenters. The highest BCUT2D eigenvalue weighted by atomic mass is 16.2. The van der Waals surface area contributed by atoms with Gasteiger partial charge in [0, 0.05) is 12.7 Å². The molecule has 132 valence electrons. The molecular formula is C21H26N2O2. The van der Waals surface area contributed by atoms with Crippen molar-refractivity contribution in [3.8, 4) is 0 Å². The molecule has 0 saturated carbocycles. The number of aryl methyl sites for hydroxylation is 4. The SMILES string of the molecule is Cc1ccc(CC(=O)N(C)CC(=O)Nc2c(C)cc(C)cc2C)cc1. The zero-order valence-corrected chi connectivity index (χ0v) is 15.6. The first-order valence-corrected chi connectivity index (χ1v) is 8.43. The average molecular weight is 338 g/mol. The van der Waals surface area contributed by atoms with E-state index >= 15 is 0 Å². The second-order valence-electron chi connectivity index (χ2n) is 6.73. The number of hydrogen-bond acceptors (Lipinski definition) is 2. The lowest BCUT2D eigenvalue weighted by atomic mass is 10.1. The Balaban J connectivity index is 1.95. The Morgan fingerprint density at radius 2 is 1.48 bits per heavy atom. The van der Waals surface area contributed by atoms with Crippen LogP contribution in [0.25, 0.3) is 0 Å². The molecule has 2 amide bonds. The average Bonchev–Trinajstić information content (AvgIpc) is 2.53. The molecule has 2 rings (SSSR count). The summed E-state index contributed by atoms with van der Waals surface area (Å²) in [6.07, 6.45) is 0.298. The molecule has 4 heteroatoms. The monoisotopic (exact) mass is 338 g/mol. The smallest absolute Gasteiger partial charge is 0.243 e. The van der Waals surface area contributed by atoms with Gasteiger partial charge in [-0.15, -0.1) is 0 Å². The summed E-state index contributed by atoms with van der Waals surface area (Å²) in [7, 11) is 1.66. The van der Waals surface area contributed by atoms with Crippen molar-refractivity contribution >= 4 is 17.5 Å². The lowest BCUT2D eigenvalue weighted by Gasteiger charge is -2.18. The van der Waals surface area contributed by atoms with Crippen LogP contribution in [0.3, 0.4) is 0 Å². The Morgan fingerprint density at radius 1 is 0.920 bits per heavy atom. The maximum absolute atomic E-state index is 12.3. The summed E-state index contributed by atoms with van der Waals surface area (Å²) in [6, 6.07) is 11.9. The maximum Gasteiger partial charge on any atom is 0.243 e. The first kappa shape index (κ1) is 18.7. The van der Waals surface area contributed by atoms with Gasteiger partial charge >= 0.3 is 0 Å². The highest BCUT2D eigenvalue weighted by molar-refractivity contribution is 5.96. The third kappa shape index (κ3) is 5.18. The van der Waals surface area contributed by atoms with Crippen LogP contribution in [0.15, 0.2) is 36.4 Å². The number of nitrogens with zero attached hydrogens (tertiary/aromatic N) is 1. The molecule has 2 aromatic carbocycles. The van der Waals surface area contributed by atoms with E-state index in [1.165, 1.54) is 10.5 Å². The molecule has 0 aliphatic carbocycles. The Hall–Kier alpha value is -2.62. The van der Waals surface area contributed by atoms with Gasteiger partial charge in [-0.2, -0.15) is 0 Å². The zero-order chi connectivity index (χ0) is 18.6. The first-order chi connectivity index (χ1) is 11.8. The minimum atomic E-state index is -0.185. The topological polar surface area (TPSA) is 49.4 Å². The Morgan fingerprint density at radius 3 is 2.04 bits per heavy atom. The number of benzene rings is 2. The molecule has 1 N–H and O–H groups in total. The summed E-state index contributed by atoms with van der Waals surface area (Å²) in [5.74, 6) is -0.258. The predicted molar refractivity (Wildman–Crippen MR) is 102 cm³/mol. The summed E-state index contributed by atoms with van der Waals surface area (Å²) in [6.45, 7) is 8.03. The van der Waals surface area contributed by atoms with Gasteiger partial charge in [-0.25, -0.2) is 0 Å². The highest BCUT2D eigenvalue weighted by Crippen LogP contribution is 2.21. The van der Waals surface area contributed by atoms with Gasteiger partial charge in [0.1, 0.15) is 0 Å². The molecule has 25 heavy (non-hydrogen) atoms. The van der Waals surface area contributed by atoms with Gasteiger partial charge in [0.15, 0.2) is 0 Å². The van der Waals surface area contributed by atoms with E-state index < -0.39 is 0 Å². The summed E-state index contributed by atoms with van der Waals surface area (Å²) in [5, 5.41) is 2.93. The Kier molecular flexibility index (Phi) is 5.97. The highest BCUT2D eigenvalue weighted by Gasteiger charge is 2.15. The van der Waals surface area contributed by atoms with Crippen LogP contribution in [0, 0.1) is 27.7 Å². The minimum absolute atomic E-state index is 0.0391. The van der Waals surface area contributed by atoms with Crippen LogP contribution in [-0.4, -0.2) is 30.3 Å². The fraction of sp³-hybridized carbons (Fsp3) is 0.333. The van der Waals surface area contributed by atoms with Crippen molar-refractivity contribution in [2.75, 3.05) is 18.9 Å². The number of nitrogens with one attached hydrogen (secondary N) is 1. The van der Waals surface area contributed by atoms with Crippen molar-refractivity contribution < 1.29 is 9.59 Å². The predicted octanol–water partition coefficient (Wildman–Crippen LogP) is 3.56. The van der Waals surface area contributed by atoms with Gasteiger partial charge in [-0.3, -0.25) is 9.59 Å². The molecule has 4 nitrogen and oxygen atoms in total. The van der Waals surface area contributed by atoms with E-state index in [0.29, 0.717) is 6.42 Å². The largest absolute Gasteiger partial charge is 0.336 e. The van der Waals surface area contributed by atoms with Crippen molar-refractivity contribution in [3.05, 3.63) is 64.2 Å². The van der Waals surface area contributed by atoms with Crippen LogP contribution in [0.4, 0.5) is 5.69 Å². The molecular weight excluding hydrogens is 312 g/mol. The van der Waals surface area contributed by atoms with Crippen LogP contribution in [0.5, 0.6) is 0 Å². The number of carbonyl (C=O) groups is 2. The Labute approximate surface area is 149 Å². The van der Waals surface area contributed by atoms with E-state index in [4.69, 9.17) is 0 Å². The summed E-state index contributed by atoms with van der Waals surface area (Å²) < 4.78 is 0. The van der Waals surface area contributed by atoms with Gasteiger partial charge in [0.25, 0.3) is 0 Å². The Bertz CT molecular complexity index is 756. The lowest BCUT2D eigenvalue weighted by Crippen LogP contribution is -2.36.